The number of benzene rings is 1. The van der Waals surface area contributed by atoms with Crippen molar-refractivity contribution in [1.29, 1.82) is 0 Å². The van der Waals surface area contributed by atoms with Gasteiger partial charge in [0.25, 0.3) is 0 Å². The van der Waals surface area contributed by atoms with E-state index in [4.69, 9.17) is 15.7 Å². The van der Waals surface area contributed by atoms with E-state index in [1.807, 2.05) is 35.7 Å². The fourth-order valence-electron chi connectivity index (χ4n) is 4.08. The highest BCUT2D eigenvalue weighted by atomic mass is 32.2. The summed E-state index contributed by atoms with van der Waals surface area (Å²) in [7, 11) is -3.95. The van der Waals surface area contributed by atoms with Crippen molar-refractivity contribution in [2.45, 2.75) is 31.7 Å². The number of nitrogens with one attached hydrogen (secondary N) is 1. The summed E-state index contributed by atoms with van der Waals surface area (Å²) in [6.45, 7) is 0.0504. The molecule has 0 aliphatic heterocycles. The average molecular weight is 497 g/mol. The smallest absolute Gasteiger partial charge is 0.333 e. The Balaban J connectivity index is 1.43. The molecule has 10 heteroatoms. The molecular weight excluding hydrogens is 472 g/mol. The zero-order valence-corrected chi connectivity index (χ0v) is 19.9. The highest BCUT2D eigenvalue weighted by Crippen LogP contribution is 2.30. The number of hydrogen-bond donors (Lipinski definition) is 2. The summed E-state index contributed by atoms with van der Waals surface area (Å²) in [4.78, 5) is 22.2. The summed E-state index contributed by atoms with van der Waals surface area (Å²) >= 11 is 1.38. The number of hydrogen-bond acceptors (Lipinski definition) is 8. The van der Waals surface area contributed by atoms with Gasteiger partial charge in [-0.25, -0.2) is 15.1 Å². The largest absolute Gasteiger partial charge is 0.367 e. The number of thiophene rings is 1. The van der Waals surface area contributed by atoms with Crippen LogP contribution in [0.2, 0.25) is 0 Å². The van der Waals surface area contributed by atoms with Crippen molar-refractivity contribution in [2.75, 3.05) is 11.9 Å². The summed E-state index contributed by atoms with van der Waals surface area (Å²) in [5, 5.41) is 10.2. The number of carbonyl (C=O) groups is 1. The number of carbonyl (C=O) groups excluding carboxylic acids is 1. The van der Waals surface area contributed by atoms with Crippen LogP contribution in [-0.4, -0.2) is 36.8 Å². The molecule has 2 aromatic heterocycles. The second-order valence-electron chi connectivity index (χ2n) is 8.25. The first-order valence-corrected chi connectivity index (χ1v) is 13.1. The lowest BCUT2D eigenvalue weighted by atomic mass is 10.0. The molecule has 0 amide bonds. The summed E-state index contributed by atoms with van der Waals surface area (Å²) in [6, 6.07) is 9.72. The van der Waals surface area contributed by atoms with Crippen molar-refractivity contribution in [3.8, 4) is 12.3 Å². The molecule has 8 nitrogen and oxygen atoms in total. The van der Waals surface area contributed by atoms with E-state index in [0.717, 1.165) is 29.5 Å². The molecule has 0 radical (unpaired) electrons. The summed E-state index contributed by atoms with van der Waals surface area (Å²) in [5.74, 6) is 3.02. The van der Waals surface area contributed by atoms with Crippen molar-refractivity contribution in [3.05, 3.63) is 75.4 Å². The van der Waals surface area contributed by atoms with Crippen LogP contribution in [0.15, 0.2) is 48.2 Å². The molecule has 3 N–H and O–H groups in total. The Bertz CT molecular complexity index is 1330. The predicted octanol–water partition coefficient (Wildman–Crippen LogP) is 3.14. The topological polar surface area (TPSA) is 124 Å². The highest BCUT2D eigenvalue weighted by Gasteiger charge is 2.28. The minimum Gasteiger partial charge on any atom is -0.367 e. The number of anilines is 1. The average Bonchev–Trinajstić information content (AvgIpc) is 3.47. The van der Waals surface area contributed by atoms with Gasteiger partial charge in [-0.2, -0.15) is 8.42 Å². The maximum Gasteiger partial charge on any atom is 0.333 e. The zero-order valence-electron chi connectivity index (χ0n) is 18.3. The van der Waals surface area contributed by atoms with E-state index in [0.29, 0.717) is 29.1 Å². The van der Waals surface area contributed by atoms with Crippen LogP contribution in [0.1, 0.15) is 51.2 Å². The Labute approximate surface area is 202 Å². The number of rotatable bonds is 9. The minimum atomic E-state index is -3.95. The van der Waals surface area contributed by atoms with Crippen LogP contribution in [0.25, 0.3) is 0 Å². The number of aromatic nitrogens is 2. The van der Waals surface area contributed by atoms with Gasteiger partial charge in [-0.1, -0.05) is 18.1 Å². The zero-order chi connectivity index (χ0) is 24.1. The van der Waals surface area contributed by atoms with Crippen LogP contribution in [0, 0.1) is 18.3 Å². The molecule has 2 atom stereocenters. The molecule has 1 fully saturated rings. The molecule has 2 heterocycles. The summed E-state index contributed by atoms with van der Waals surface area (Å²) in [6.07, 6.45) is 11.4. The number of nitrogens with two attached hydrogens (primary N) is 1. The second kappa shape index (κ2) is 10.4. The quantitative estimate of drug-likeness (QED) is 0.344. The lowest BCUT2D eigenvalue weighted by Gasteiger charge is -2.15. The van der Waals surface area contributed by atoms with Gasteiger partial charge in [0, 0.05) is 17.8 Å². The molecule has 0 spiro atoms. The van der Waals surface area contributed by atoms with Crippen molar-refractivity contribution in [1.82, 2.24) is 9.97 Å². The van der Waals surface area contributed by atoms with E-state index in [1.54, 1.807) is 0 Å². The molecule has 1 aliphatic carbocycles. The van der Waals surface area contributed by atoms with E-state index < -0.39 is 10.3 Å². The summed E-state index contributed by atoms with van der Waals surface area (Å²) < 4.78 is 26.8. The van der Waals surface area contributed by atoms with Gasteiger partial charge in [-0.15, -0.1) is 17.8 Å². The van der Waals surface area contributed by atoms with Crippen LogP contribution in [0.3, 0.4) is 0 Å². The van der Waals surface area contributed by atoms with Crippen molar-refractivity contribution >= 4 is 33.2 Å². The second-order valence-corrected chi connectivity index (χ2v) is 10.4. The SMILES string of the molecule is C#Cc1cccc(Cc2csc(C(=O)c3cncnc3N[C@H]3CC[C@@H](COS(N)(=O)=O)C3)c2)c1. The molecule has 0 saturated heterocycles. The Morgan fingerprint density at radius 3 is 2.94 bits per heavy atom. The first kappa shape index (κ1) is 24.0. The van der Waals surface area contributed by atoms with Gasteiger partial charge in [0.1, 0.15) is 12.1 Å². The molecule has 34 heavy (non-hydrogen) atoms. The number of ketones is 1. The lowest BCUT2D eigenvalue weighted by Crippen LogP contribution is -2.22. The van der Waals surface area contributed by atoms with Gasteiger partial charge in [-0.05, 0) is 66.3 Å². The maximum atomic E-state index is 13.2. The monoisotopic (exact) mass is 496 g/mol. The first-order valence-electron chi connectivity index (χ1n) is 10.7. The van der Waals surface area contributed by atoms with Gasteiger partial charge in [0.2, 0.25) is 5.78 Å². The van der Waals surface area contributed by atoms with E-state index in [-0.39, 0.29) is 24.3 Å². The van der Waals surface area contributed by atoms with Gasteiger partial charge < -0.3 is 5.32 Å². The fraction of sp³-hybridized carbons (Fsp3) is 0.292. The van der Waals surface area contributed by atoms with Crippen LogP contribution in [-0.2, 0) is 20.9 Å². The fourth-order valence-corrected chi connectivity index (χ4v) is 5.33. The van der Waals surface area contributed by atoms with E-state index in [9.17, 15) is 13.2 Å². The van der Waals surface area contributed by atoms with Crippen LogP contribution in [0.5, 0.6) is 0 Å². The Kier molecular flexibility index (Phi) is 7.38. The predicted molar refractivity (Wildman–Crippen MR) is 131 cm³/mol. The van der Waals surface area contributed by atoms with E-state index in [1.165, 1.54) is 23.9 Å². The third kappa shape index (κ3) is 6.27. The first-order chi connectivity index (χ1) is 16.3. The Hall–Kier alpha value is -3.10. The molecule has 0 bridgehead atoms. The van der Waals surface area contributed by atoms with Gasteiger partial charge >= 0.3 is 10.3 Å². The third-order valence-electron chi connectivity index (χ3n) is 5.69. The van der Waals surface area contributed by atoms with Crippen molar-refractivity contribution in [3.63, 3.8) is 0 Å². The molecule has 4 rings (SSSR count). The maximum absolute atomic E-state index is 13.2. The normalized spacial score (nSPS) is 17.9. The van der Waals surface area contributed by atoms with Crippen LogP contribution in [0.4, 0.5) is 5.82 Å². The molecule has 1 aliphatic rings. The number of nitrogens with zero attached hydrogens (tertiary/aromatic N) is 2. The van der Waals surface area contributed by atoms with Crippen molar-refractivity contribution < 1.29 is 17.4 Å². The third-order valence-corrected chi connectivity index (χ3v) is 7.13. The molecule has 0 unspecified atom stereocenters. The van der Waals surface area contributed by atoms with Crippen LogP contribution < -0.4 is 10.5 Å². The van der Waals surface area contributed by atoms with Gasteiger partial charge in [0.05, 0.1) is 17.0 Å². The number of terminal acetylenes is 1. The Morgan fingerprint density at radius 1 is 1.29 bits per heavy atom. The van der Waals surface area contributed by atoms with Crippen molar-refractivity contribution in [2.24, 2.45) is 11.1 Å². The standard InChI is InChI=1S/C24H24N4O4S2/c1-2-16-4-3-5-17(8-16)9-19-11-22(33-14-19)23(29)21-12-26-15-27-24(21)28-20-7-6-18(10-20)13-32-34(25,30)31/h1,3-5,8,11-12,14-15,18,20H,6-7,9-10,13H2,(H2,25,30,31)(H,26,27,28)/t18-,20+/m1/s1. The molecular formula is C24H24N4O4S2. The Morgan fingerprint density at radius 2 is 2.15 bits per heavy atom. The highest BCUT2D eigenvalue weighted by molar-refractivity contribution is 7.84. The van der Waals surface area contributed by atoms with E-state index in [2.05, 4.69) is 21.2 Å². The van der Waals surface area contributed by atoms with Gasteiger partial charge in [0.15, 0.2) is 0 Å². The van der Waals surface area contributed by atoms with Gasteiger partial charge in [-0.3, -0.25) is 8.98 Å². The van der Waals surface area contributed by atoms with E-state index >= 15 is 0 Å². The molecule has 1 saturated carbocycles. The lowest BCUT2D eigenvalue weighted by molar-refractivity contribution is 0.104. The molecule has 3 aromatic rings. The minimum absolute atomic E-state index is 0.0397. The van der Waals surface area contributed by atoms with Crippen LogP contribution >= 0.6 is 11.3 Å². The summed E-state index contributed by atoms with van der Waals surface area (Å²) in [5.41, 5.74) is 3.34. The molecule has 1 aromatic carbocycles. The molecule has 176 valence electrons.